The smallest absolute Gasteiger partial charge is 0.246 e. The Kier molecular flexibility index (Phi) is 14.6. The molecule has 22 heavy (non-hydrogen) atoms. The molecule has 0 spiro atoms. The summed E-state index contributed by atoms with van der Waals surface area (Å²) in [5.41, 5.74) is 0.619. The van der Waals surface area contributed by atoms with Crippen LogP contribution in [-0.4, -0.2) is 11.9 Å². The van der Waals surface area contributed by atoms with E-state index in [2.05, 4.69) is 25.7 Å². The third kappa shape index (κ3) is 12.9. The highest BCUT2D eigenvalue weighted by Gasteiger charge is 2.11. The molecular formula is C20H39NO. The minimum atomic E-state index is 0.0250. The monoisotopic (exact) mass is 309 g/mol. The Morgan fingerprint density at radius 1 is 0.818 bits per heavy atom. The molecule has 1 N–H and O–H groups in total. The number of carbonyl (C=O) groups is 1. The van der Waals surface area contributed by atoms with Gasteiger partial charge in [-0.15, -0.1) is 0 Å². The number of hydrogen-bond acceptors (Lipinski definition) is 1. The van der Waals surface area contributed by atoms with Crippen molar-refractivity contribution in [2.75, 3.05) is 0 Å². The van der Waals surface area contributed by atoms with Gasteiger partial charge >= 0.3 is 0 Å². The first kappa shape index (κ1) is 21.2. The Morgan fingerprint density at radius 3 is 1.77 bits per heavy atom. The van der Waals surface area contributed by atoms with E-state index in [0.717, 1.165) is 12.8 Å². The molecule has 0 saturated carbocycles. The van der Waals surface area contributed by atoms with Crippen molar-refractivity contribution in [3.8, 4) is 0 Å². The molecule has 0 aromatic carbocycles. The molecule has 2 heteroatoms. The van der Waals surface area contributed by atoms with E-state index < -0.39 is 0 Å². The van der Waals surface area contributed by atoms with Gasteiger partial charge in [-0.1, -0.05) is 91.1 Å². The fourth-order valence-corrected chi connectivity index (χ4v) is 2.75. The van der Waals surface area contributed by atoms with Gasteiger partial charge in [0.2, 0.25) is 5.91 Å². The van der Waals surface area contributed by atoms with Gasteiger partial charge in [-0.25, -0.2) is 0 Å². The van der Waals surface area contributed by atoms with E-state index in [1.54, 1.807) is 6.92 Å². The maximum atomic E-state index is 11.8. The second kappa shape index (κ2) is 15.1. The maximum Gasteiger partial charge on any atom is 0.246 e. The zero-order chi connectivity index (χ0) is 16.6. The van der Waals surface area contributed by atoms with Gasteiger partial charge in [-0.3, -0.25) is 4.79 Å². The lowest BCUT2D eigenvalue weighted by Gasteiger charge is -2.18. The van der Waals surface area contributed by atoms with E-state index in [1.807, 2.05) is 0 Å². The van der Waals surface area contributed by atoms with E-state index in [-0.39, 0.29) is 5.91 Å². The molecule has 0 aliphatic carbocycles. The third-order valence-corrected chi connectivity index (χ3v) is 4.29. The van der Waals surface area contributed by atoms with Crippen LogP contribution in [0.5, 0.6) is 0 Å². The van der Waals surface area contributed by atoms with Crippen LogP contribution in [-0.2, 0) is 4.79 Å². The molecule has 0 aliphatic heterocycles. The predicted molar refractivity (Wildman–Crippen MR) is 98.1 cm³/mol. The number of unbranched alkanes of at least 4 members (excludes halogenated alkanes) is 9. The standard InChI is InChI=1S/C20H39NO/c1-5-7-9-10-11-12-13-14-15-17-19(16-8-6-2)21-20(22)18(3)4/h19H,3,5-17H2,1-2,4H3,(H,21,22). The molecule has 0 rings (SSSR count). The molecule has 0 aliphatic rings. The molecule has 1 unspecified atom stereocenters. The van der Waals surface area contributed by atoms with Gasteiger partial charge in [0.1, 0.15) is 0 Å². The number of carbonyl (C=O) groups excluding carboxylic acids is 1. The van der Waals surface area contributed by atoms with Crippen molar-refractivity contribution in [2.24, 2.45) is 0 Å². The maximum absolute atomic E-state index is 11.8. The van der Waals surface area contributed by atoms with Crippen LogP contribution in [0.25, 0.3) is 0 Å². The predicted octanol–water partition coefficient (Wildman–Crippen LogP) is 6.16. The lowest BCUT2D eigenvalue weighted by atomic mass is 10.0. The average molecular weight is 310 g/mol. The van der Waals surface area contributed by atoms with Crippen LogP contribution in [0.2, 0.25) is 0 Å². The van der Waals surface area contributed by atoms with Gasteiger partial charge < -0.3 is 5.32 Å². The van der Waals surface area contributed by atoms with Crippen molar-refractivity contribution in [1.82, 2.24) is 5.32 Å². The zero-order valence-electron chi connectivity index (χ0n) is 15.4. The molecule has 0 radical (unpaired) electrons. The fraction of sp³-hybridized carbons (Fsp3) is 0.850. The molecule has 0 fully saturated rings. The third-order valence-electron chi connectivity index (χ3n) is 4.29. The highest BCUT2D eigenvalue weighted by atomic mass is 16.1. The van der Waals surface area contributed by atoms with E-state index in [0.29, 0.717) is 11.6 Å². The topological polar surface area (TPSA) is 29.1 Å². The van der Waals surface area contributed by atoms with Crippen molar-refractivity contribution >= 4 is 5.91 Å². The fourth-order valence-electron chi connectivity index (χ4n) is 2.75. The van der Waals surface area contributed by atoms with Crippen LogP contribution in [0.3, 0.4) is 0 Å². The summed E-state index contributed by atoms with van der Waals surface area (Å²) in [6.45, 7) is 9.98. The van der Waals surface area contributed by atoms with Crippen molar-refractivity contribution in [2.45, 2.75) is 110 Å². The molecule has 1 amide bonds. The van der Waals surface area contributed by atoms with Crippen LogP contribution in [0.1, 0.15) is 104 Å². The largest absolute Gasteiger partial charge is 0.350 e. The van der Waals surface area contributed by atoms with Crippen LogP contribution in [0.15, 0.2) is 12.2 Å². The molecule has 0 heterocycles. The zero-order valence-corrected chi connectivity index (χ0v) is 15.4. The first-order valence-electron chi connectivity index (χ1n) is 9.58. The van der Waals surface area contributed by atoms with Crippen molar-refractivity contribution in [3.05, 3.63) is 12.2 Å². The Balaban J connectivity index is 3.70. The number of hydrogen-bond donors (Lipinski definition) is 1. The minimum Gasteiger partial charge on any atom is -0.350 e. The summed E-state index contributed by atoms with van der Waals surface area (Å²) >= 11 is 0. The van der Waals surface area contributed by atoms with Gasteiger partial charge in [-0.05, 0) is 19.8 Å². The van der Waals surface area contributed by atoms with E-state index >= 15 is 0 Å². The van der Waals surface area contributed by atoms with Gasteiger partial charge in [0.25, 0.3) is 0 Å². The number of amides is 1. The van der Waals surface area contributed by atoms with Crippen LogP contribution >= 0.6 is 0 Å². The van der Waals surface area contributed by atoms with Crippen molar-refractivity contribution in [1.29, 1.82) is 0 Å². The van der Waals surface area contributed by atoms with Crippen molar-refractivity contribution in [3.63, 3.8) is 0 Å². The molecule has 130 valence electrons. The van der Waals surface area contributed by atoms with Gasteiger partial charge in [0, 0.05) is 11.6 Å². The summed E-state index contributed by atoms with van der Waals surface area (Å²) < 4.78 is 0. The quantitative estimate of drug-likeness (QED) is 0.285. The lowest BCUT2D eigenvalue weighted by molar-refractivity contribution is -0.118. The van der Waals surface area contributed by atoms with E-state index in [9.17, 15) is 4.79 Å². The molecule has 1 atom stereocenters. The second-order valence-electron chi connectivity index (χ2n) is 6.71. The summed E-state index contributed by atoms with van der Waals surface area (Å²) in [5, 5.41) is 3.14. The molecule has 0 aromatic heterocycles. The van der Waals surface area contributed by atoms with Gasteiger partial charge in [0.15, 0.2) is 0 Å². The summed E-state index contributed by atoms with van der Waals surface area (Å²) in [6, 6.07) is 0.341. The SMILES string of the molecule is C=C(C)C(=O)NC(CCCC)CCCCCCCCCCC. The number of nitrogens with one attached hydrogen (secondary N) is 1. The second-order valence-corrected chi connectivity index (χ2v) is 6.71. The van der Waals surface area contributed by atoms with Crippen molar-refractivity contribution < 1.29 is 4.79 Å². The highest BCUT2D eigenvalue weighted by Crippen LogP contribution is 2.14. The number of rotatable bonds is 15. The summed E-state index contributed by atoms with van der Waals surface area (Å²) in [6.07, 6.45) is 16.8. The summed E-state index contributed by atoms with van der Waals surface area (Å²) in [5.74, 6) is 0.0250. The normalized spacial score (nSPS) is 12.1. The van der Waals surface area contributed by atoms with E-state index in [4.69, 9.17) is 0 Å². The highest BCUT2D eigenvalue weighted by molar-refractivity contribution is 5.92. The molecular weight excluding hydrogens is 270 g/mol. The Hall–Kier alpha value is -0.790. The van der Waals surface area contributed by atoms with Crippen LogP contribution in [0, 0.1) is 0 Å². The molecule has 0 bridgehead atoms. The van der Waals surface area contributed by atoms with Gasteiger partial charge in [0.05, 0.1) is 0 Å². The Morgan fingerprint density at radius 2 is 1.27 bits per heavy atom. The van der Waals surface area contributed by atoms with Gasteiger partial charge in [-0.2, -0.15) is 0 Å². The minimum absolute atomic E-state index is 0.0250. The molecule has 0 saturated heterocycles. The summed E-state index contributed by atoms with van der Waals surface area (Å²) in [7, 11) is 0. The van der Waals surface area contributed by atoms with Crippen LogP contribution < -0.4 is 5.32 Å². The first-order valence-corrected chi connectivity index (χ1v) is 9.58. The van der Waals surface area contributed by atoms with Crippen LogP contribution in [0.4, 0.5) is 0 Å². The molecule has 0 aromatic rings. The first-order chi connectivity index (χ1) is 10.6. The average Bonchev–Trinajstić information content (AvgIpc) is 2.50. The summed E-state index contributed by atoms with van der Waals surface area (Å²) in [4.78, 5) is 11.8. The molecule has 2 nitrogen and oxygen atoms in total. The Bertz CT molecular complexity index is 285. The van der Waals surface area contributed by atoms with E-state index in [1.165, 1.54) is 70.6 Å². The lowest BCUT2D eigenvalue weighted by Crippen LogP contribution is -2.35. The Labute approximate surface area is 139 Å².